The first kappa shape index (κ1) is 11.7. The van der Waals surface area contributed by atoms with Crippen molar-refractivity contribution in [3.05, 3.63) is 11.8 Å². The highest BCUT2D eigenvalue weighted by atomic mass is 19.4. The molecule has 0 amide bonds. The first-order valence-electron chi connectivity index (χ1n) is 3.48. The smallest absolute Gasteiger partial charge is 0.391 e. The zero-order valence-corrected chi connectivity index (χ0v) is 6.90. The second-order valence-electron chi connectivity index (χ2n) is 2.15. The Hall–Kier alpha value is -1.33. The van der Waals surface area contributed by atoms with E-state index in [9.17, 15) is 18.0 Å². The molecule has 0 heterocycles. The van der Waals surface area contributed by atoms with Gasteiger partial charge in [-0.05, 0) is 6.92 Å². The number of alkyl halides is 3. The van der Waals surface area contributed by atoms with Gasteiger partial charge in [0.2, 0.25) is 0 Å². The van der Waals surface area contributed by atoms with Crippen LogP contribution in [0.25, 0.3) is 0 Å². The minimum Gasteiger partial charge on any atom is -0.391 e. The lowest BCUT2D eigenvalue weighted by molar-refractivity contribution is -0.105. The number of carbonyl (C=O) groups excluding carboxylic acids is 1. The van der Waals surface area contributed by atoms with Gasteiger partial charge in [-0.2, -0.15) is 13.2 Å². The molecule has 0 rings (SSSR count). The van der Waals surface area contributed by atoms with E-state index in [2.05, 4.69) is 5.32 Å². The summed E-state index contributed by atoms with van der Waals surface area (Å²) < 4.78 is 35.6. The highest BCUT2D eigenvalue weighted by Gasteiger charge is 2.36. The van der Waals surface area contributed by atoms with Crippen LogP contribution in [0.5, 0.6) is 0 Å². The molecule has 6 heteroatoms. The summed E-state index contributed by atoms with van der Waals surface area (Å²) in [6.07, 6.45) is -3.90. The van der Waals surface area contributed by atoms with Gasteiger partial charge in [0.25, 0.3) is 0 Å². The third kappa shape index (κ3) is 3.73. The van der Waals surface area contributed by atoms with Gasteiger partial charge < -0.3 is 5.32 Å². The number of aldehydes is 1. The molecule has 0 saturated carbocycles. The predicted octanol–water partition coefficient (Wildman–Crippen LogP) is 1.26. The van der Waals surface area contributed by atoms with E-state index in [1.165, 1.54) is 0 Å². The average molecular weight is 194 g/mol. The molecule has 0 spiro atoms. The van der Waals surface area contributed by atoms with Gasteiger partial charge in [0.1, 0.15) is 5.71 Å². The van der Waals surface area contributed by atoms with E-state index < -0.39 is 17.5 Å². The van der Waals surface area contributed by atoms with Crippen LogP contribution in [0.3, 0.4) is 0 Å². The SMILES string of the molecule is CCN/C=C(/C=O)C(=N)C(F)(F)F. The van der Waals surface area contributed by atoms with Crippen molar-refractivity contribution in [3.63, 3.8) is 0 Å². The molecule has 0 aromatic rings. The van der Waals surface area contributed by atoms with E-state index in [0.29, 0.717) is 6.54 Å². The number of halogens is 3. The highest BCUT2D eigenvalue weighted by Crippen LogP contribution is 2.19. The van der Waals surface area contributed by atoms with Crippen LogP contribution >= 0.6 is 0 Å². The summed E-state index contributed by atoms with van der Waals surface area (Å²) in [6.45, 7) is 2.05. The van der Waals surface area contributed by atoms with Crippen molar-refractivity contribution in [1.29, 1.82) is 5.41 Å². The van der Waals surface area contributed by atoms with E-state index in [1.54, 1.807) is 6.92 Å². The molecule has 0 aromatic carbocycles. The van der Waals surface area contributed by atoms with Gasteiger partial charge in [0.05, 0.1) is 5.57 Å². The van der Waals surface area contributed by atoms with E-state index in [0.717, 1.165) is 6.20 Å². The van der Waals surface area contributed by atoms with Gasteiger partial charge in [-0.1, -0.05) is 0 Å². The number of allylic oxidation sites excluding steroid dienone is 1. The van der Waals surface area contributed by atoms with Crippen molar-refractivity contribution >= 4 is 12.0 Å². The quantitative estimate of drug-likeness (QED) is 0.402. The fourth-order valence-electron chi connectivity index (χ4n) is 0.541. The molecular formula is C7H9F3N2O. The predicted molar refractivity (Wildman–Crippen MR) is 41.6 cm³/mol. The van der Waals surface area contributed by atoms with Gasteiger partial charge in [-0.25, -0.2) is 0 Å². The Morgan fingerprint density at radius 1 is 1.54 bits per heavy atom. The Labute approximate surface area is 73.1 Å². The summed E-state index contributed by atoms with van der Waals surface area (Å²) in [5.41, 5.74) is -2.34. The van der Waals surface area contributed by atoms with Crippen LogP contribution in [0.15, 0.2) is 11.8 Å². The molecule has 0 radical (unpaired) electrons. The third-order valence-electron chi connectivity index (χ3n) is 1.16. The molecule has 0 fully saturated rings. The minimum absolute atomic E-state index is 0.00150. The van der Waals surface area contributed by atoms with Crippen molar-refractivity contribution < 1.29 is 18.0 Å². The van der Waals surface area contributed by atoms with Crippen molar-refractivity contribution in [2.24, 2.45) is 0 Å². The molecule has 0 aliphatic rings. The number of rotatable bonds is 4. The van der Waals surface area contributed by atoms with Gasteiger partial charge >= 0.3 is 6.18 Å². The van der Waals surface area contributed by atoms with E-state index in [-0.39, 0.29) is 6.29 Å². The molecule has 74 valence electrons. The molecule has 0 aliphatic carbocycles. The summed E-state index contributed by atoms with van der Waals surface area (Å²) in [6, 6.07) is 0. The molecule has 13 heavy (non-hydrogen) atoms. The lowest BCUT2D eigenvalue weighted by atomic mass is 10.2. The topological polar surface area (TPSA) is 53.0 Å². The summed E-state index contributed by atoms with van der Waals surface area (Å²) in [4.78, 5) is 10.1. The van der Waals surface area contributed by atoms with E-state index in [4.69, 9.17) is 5.41 Å². The lowest BCUT2D eigenvalue weighted by Gasteiger charge is -2.07. The van der Waals surface area contributed by atoms with Crippen LogP contribution in [0.4, 0.5) is 13.2 Å². The Morgan fingerprint density at radius 3 is 2.38 bits per heavy atom. The van der Waals surface area contributed by atoms with Crippen molar-refractivity contribution in [2.45, 2.75) is 13.1 Å². The monoisotopic (exact) mass is 194 g/mol. The summed E-state index contributed by atoms with van der Waals surface area (Å²) in [7, 11) is 0. The Morgan fingerprint density at radius 2 is 2.08 bits per heavy atom. The number of hydrogen-bond donors (Lipinski definition) is 2. The van der Waals surface area contributed by atoms with Crippen LogP contribution in [-0.2, 0) is 4.79 Å². The highest BCUT2D eigenvalue weighted by molar-refractivity contribution is 6.15. The minimum atomic E-state index is -4.78. The lowest BCUT2D eigenvalue weighted by Crippen LogP contribution is -2.25. The van der Waals surface area contributed by atoms with E-state index in [1.807, 2.05) is 0 Å². The van der Waals surface area contributed by atoms with Gasteiger partial charge in [-0.15, -0.1) is 0 Å². The maximum absolute atomic E-state index is 11.9. The van der Waals surface area contributed by atoms with Crippen molar-refractivity contribution in [1.82, 2.24) is 5.32 Å². The second-order valence-corrected chi connectivity index (χ2v) is 2.15. The molecule has 0 aliphatic heterocycles. The Kier molecular flexibility index (Phi) is 4.16. The molecule has 3 nitrogen and oxygen atoms in total. The zero-order chi connectivity index (χ0) is 10.5. The molecule has 0 bridgehead atoms. The first-order chi connectivity index (χ1) is 5.93. The fraction of sp³-hybridized carbons (Fsp3) is 0.429. The second kappa shape index (κ2) is 4.64. The molecule has 0 aromatic heterocycles. The number of carbonyl (C=O) groups is 1. The average Bonchev–Trinajstić information content (AvgIpc) is 2.04. The Bertz CT molecular complexity index is 232. The normalized spacial score (nSPS) is 12.5. The maximum Gasteiger partial charge on any atom is 0.433 e. The largest absolute Gasteiger partial charge is 0.433 e. The first-order valence-corrected chi connectivity index (χ1v) is 3.48. The van der Waals surface area contributed by atoms with Crippen molar-refractivity contribution in [3.8, 4) is 0 Å². The summed E-state index contributed by atoms with van der Waals surface area (Å²) in [5, 5.41) is 9.03. The van der Waals surface area contributed by atoms with Gasteiger partial charge in [0, 0.05) is 12.7 Å². The third-order valence-corrected chi connectivity index (χ3v) is 1.16. The van der Waals surface area contributed by atoms with Crippen molar-refractivity contribution in [2.75, 3.05) is 6.54 Å². The van der Waals surface area contributed by atoms with Crippen LogP contribution in [0, 0.1) is 5.41 Å². The van der Waals surface area contributed by atoms with Gasteiger partial charge in [0.15, 0.2) is 6.29 Å². The fourth-order valence-corrected chi connectivity index (χ4v) is 0.541. The number of hydrogen-bond acceptors (Lipinski definition) is 3. The Balaban J connectivity index is 4.60. The van der Waals surface area contributed by atoms with Crippen LogP contribution < -0.4 is 5.32 Å². The van der Waals surface area contributed by atoms with Crippen LogP contribution in [0.2, 0.25) is 0 Å². The van der Waals surface area contributed by atoms with Gasteiger partial charge in [-0.3, -0.25) is 10.2 Å². The molecule has 0 saturated heterocycles. The van der Waals surface area contributed by atoms with Crippen LogP contribution in [-0.4, -0.2) is 24.7 Å². The van der Waals surface area contributed by atoms with Crippen LogP contribution in [0.1, 0.15) is 6.92 Å². The summed E-state index contributed by atoms with van der Waals surface area (Å²) in [5.74, 6) is 0. The standard InChI is InChI=1S/C7H9F3N2O/c1-2-12-3-5(4-13)6(11)7(8,9)10/h3-4,11-12H,2H2,1H3/b5-3-,11-6?. The van der Waals surface area contributed by atoms with E-state index >= 15 is 0 Å². The zero-order valence-electron chi connectivity index (χ0n) is 6.90. The maximum atomic E-state index is 11.9. The summed E-state index contributed by atoms with van der Waals surface area (Å²) >= 11 is 0. The molecule has 2 N–H and O–H groups in total. The molecule has 0 atom stereocenters. The molecular weight excluding hydrogens is 185 g/mol. The molecule has 0 unspecified atom stereocenters. The number of nitrogens with one attached hydrogen (secondary N) is 2.